The first-order valence-electron chi connectivity index (χ1n) is 4.33. The molecule has 0 saturated heterocycles. The molecule has 0 N–H and O–H groups in total. The molecular formula is C8H15NO2. The van der Waals surface area contributed by atoms with Crippen LogP contribution >= 0.6 is 0 Å². The van der Waals surface area contributed by atoms with Crippen molar-refractivity contribution >= 4 is 0 Å². The highest BCUT2D eigenvalue weighted by molar-refractivity contribution is 4.66. The third-order valence-corrected chi connectivity index (χ3v) is 2.53. The molecule has 0 radical (unpaired) electrons. The van der Waals surface area contributed by atoms with E-state index in [1.54, 1.807) is 0 Å². The maximum absolute atomic E-state index is 10.4. The lowest BCUT2D eigenvalue weighted by atomic mass is 10.0. The van der Waals surface area contributed by atoms with Crippen molar-refractivity contribution in [1.29, 1.82) is 0 Å². The van der Waals surface area contributed by atoms with Crippen molar-refractivity contribution in [2.45, 2.75) is 45.1 Å². The van der Waals surface area contributed by atoms with Gasteiger partial charge in [-0.1, -0.05) is 13.3 Å². The lowest BCUT2D eigenvalue weighted by Crippen LogP contribution is -2.17. The summed E-state index contributed by atoms with van der Waals surface area (Å²) in [6.07, 6.45) is 4.81. The molecule has 3 nitrogen and oxygen atoms in total. The molecule has 0 bridgehead atoms. The quantitative estimate of drug-likeness (QED) is 0.333. The molecule has 2 unspecified atom stereocenters. The minimum atomic E-state index is -0.250. The number of nitrogens with zero attached hydrogens (tertiary/aromatic N) is 1. The molecule has 11 heavy (non-hydrogen) atoms. The van der Waals surface area contributed by atoms with Gasteiger partial charge in [0, 0.05) is 17.8 Å². The van der Waals surface area contributed by atoms with Crippen molar-refractivity contribution in [1.82, 2.24) is 0 Å². The molecule has 1 saturated carbocycles. The first-order valence-corrected chi connectivity index (χ1v) is 4.33. The van der Waals surface area contributed by atoms with Crippen LogP contribution in [-0.2, 0) is 0 Å². The number of rotatable bonds is 1. The van der Waals surface area contributed by atoms with Crippen molar-refractivity contribution in [3.8, 4) is 0 Å². The average molecular weight is 157 g/mol. The van der Waals surface area contributed by atoms with E-state index in [1.165, 1.54) is 6.42 Å². The van der Waals surface area contributed by atoms with E-state index in [4.69, 9.17) is 0 Å². The highest BCUT2D eigenvalue weighted by atomic mass is 16.6. The second-order valence-corrected chi connectivity index (χ2v) is 3.55. The number of hydrogen-bond acceptors (Lipinski definition) is 2. The summed E-state index contributed by atoms with van der Waals surface area (Å²) in [6, 6.07) is -0.250. The Hall–Kier alpha value is -0.600. The van der Waals surface area contributed by atoms with Crippen LogP contribution in [0.4, 0.5) is 0 Å². The Balaban J connectivity index is 2.40. The average Bonchev–Trinajstić information content (AvgIpc) is 2.13. The van der Waals surface area contributed by atoms with Crippen LogP contribution < -0.4 is 0 Å². The highest BCUT2D eigenvalue weighted by Crippen LogP contribution is 2.23. The molecule has 1 rings (SSSR count). The topological polar surface area (TPSA) is 43.1 Å². The smallest absolute Gasteiger partial charge is 0.213 e. The summed E-state index contributed by atoms with van der Waals surface area (Å²) in [7, 11) is 0. The Kier molecular flexibility index (Phi) is 2.85. The summed E-state index contributed by atoms with van der Waals surface area (Å²) in [6.45, 7) is 2.18. The molecule has 1 fully saturated rings. The van der Waals surface area contributed by atoms with E-state index in [9.17, 15) is 10.1 Å². The van der Waals surface area contributed by atoms with Gasteiger partial charge in [0.15, 0.2) is 0 Å². The van der Waals surface area contributed by atoms with Crippen molar-refractivity contribution < 1.29 is 4.92 Å². The summed E-state index contributed by atoms with van der Waals surface area (Å²) >= 11 is 0. The standard InChI is InChI=1S/C8H15NO2/c1-7-3-2-4-8(6-5-7)9(10)11/h7-8H,2-6H2,1H3. The van der Waals surface area contributed by atoms with Gasteiger partial charge in [-0.15, -0.1) is 0 Å². The lowest BCUT2D eigenvalue weighted by molar-refractivity contribution is -0.524. The maximum Gasteiger partial charge on any atom is 0.213 e. The molecule has 64 valence electrons. The predicted molar refractivity (Wildman–Crippen MR) is 43.0 cm³/mol. The van der Waals surface area contributed by atoms with Crippen LogP contribution in [-0.4, -0.2) is 11.0 Å². The van der Waals surface area contributed by atoms with Crippen molar-refractivity contribution in [3.63, 3.8) is 0 Å². The van der Waals surface area contributed by atoms with Crippen LogP contribution in [0.15, 0.2) is 0 Å². The highest BCUT2D eigenvalue weighted by Gasteiger charge is 2.23. The van der Waals surface area contributed by atoms with Gasteiger partial charge in [0.2, 0.25) is 6.04 Å². The van der Waals surface area contributed by atoms with Crippen LogP contribution in [0, 0.1) is 16.0 Å². The first-order chi connectivity index (χ1) is 5.20. The van der Waals surface area contributed by atoms with E-state index >= 15 is 0 Å². The van der Waals surface area contributed by atoms with Gasteiger partial charge >= 0.3 is 0 Å². The normalized spacial score (nSPS) is 32.8. The van der Waals surface area contributed by atoms with Gasteiger partial charge < -0.3 is 0 Å². The van der Waals surface area contributed by atoms with Crippen LogP contribution in [0.25, 0.3) is 0 Å². The molecular weight excluding hydrogens is 142 g/mol. The molecule has 0 aromatic carbocycles. The molecule has 0 spiro atoms. The minimum absolute atomic E-state index is 0.113. The second kappa shape index (κ2) is 3.69. The van der Waals surface area contributed by atoms with E-state index in [0.717, 1.165) is 25.7 Å². The minimum Gasteiger partial charge on any atom is -0.264 e. The predicted octanol–water partition coefficient (Wildman–Crippen LogP) is 2.23. The third-order valence-electron chi connectivity index (χ3n) is 2.53. The summed E-state index contributed by atoms with van der Waals surface area (Å²) in [5.74, 6) is 0.694. The Morgan fingerprint density at radius 1 is 1.27 bits per heavy atom. The van der Waals surface area contributed by atoms with Gasteiger partial charge in [0.25, 0.3) is 0 Å². The summed E-state index contributed by atoms with van der Waals surface area (Å²) in [5, 5.41) is 10.4. The van der Waals surface area contributed by atoms with E-state index < -0.39 is 0 Å². The number of hydrogen-bond donors (Lipinski definition) is 0. The maximum atomic E-state index is 10.4. The largest absolute Gasteiger partial charge is 0.264 e. The zero-order chi connectivity index (χ0) is 8.27. The summed E-state index contributed by atoms with van der Waals surface area (Å²) < 4.78 is 0. The monoisotopic (exact) mass is 157 g/mol. The number of nitro groups is 1. The van der Waals surface area contributed by atoms with E-state index in [1.807, 2.05) is 0 Å². The van der Waals surface area contributed by atoms with Crippen molar-refractivity contribution in [2.75, 3.05) is 0 Å². The van der Waals surface area contributed by atoms with Crippen LogP contribution in [0.5, 0.6) is 0 Å². The zero-order valence-electron chi connectivity index (χ0n) is 6.95. The molecule has 0 aliphatic heterocycles. The summed E-state index contributed by atoms with van der Waals surface area (Å²) in [4.78, 5) is 10.3. The van der Waals surface area contributed by atoms with Gasteiger partial charge in [-0.3, -0.25) is 10.1 Å². The molecule has 2 atom stereocenters. The Bertz CT molecular complexity index is 147. The lowest BCUT2D eigenvalue weighted by Gasteiger charge is -2.04. The van der Waals surface area contributed by atoms with Crippen LogP contribution in [0.3, 0.4) is 0 Å². The second-order valence-electron chi connectivity index (χ2n) is 3.55. The van der Waals surface area contributed by atoms with E-state index in [0.29, 0.717) is 5.92 Å². The van der Waals surface area contributed by atoms with Gasteiger partial charge in [-0.05, 0) is 18.8 Å². The van der Waals surface area contributed by atoms with Crippen molar-refractivity contribution in [3.05, 3.63) is 10.1 Å². The van der Waals surface area contributed by atoms with Crippen molar-refractivity contribution in [2.24, 2.45) is 5.92 Å². The van der Waals surface area contributed by atoms with E-state index in [-0.39, 0.29) is 11.0 Å². The Labute approximate surface area is 66.9 Å². The van der Waals surface area contributed by atoms with Gasteiger partial charge in [-0.2, -0.15) is 0 Å². The first kappa shape index (κ1) is 8.50. The Morgan fingerprint density at radius 2 is 2.00 bits per heavy atom. The molecule has 0 aromatic rings. The molecule has 0 aromatic heterocycles. The molecule has 0 heterocycles. The van der Waals surface area contributed by atoms with Gasteiger partial charge in [-0.25, -0.2) is 0 Å². The van der Waals surface area contributed by atoms with Gasteiger partial charge in [0.1, 0.15) is 0 Å². The fourth-order valence-corrected chi connectivity index (χ4v) is 1.68. The molecule has 0 amide bonds. The SMILES string of the molecule is CC1CCCC([N+](=O)[O-])CC1. The van der Waals surface area contributed by atoms with Crippen LogP contribution in [0.1, 0.15) is 39.0 Å². The molecule has 3 heteroatoms. The molecule has 1 aliphatic carbocycles. The third kappa shape index (κ3) is 2.48. The fourth-order valence-electron chi connectivity index (χ4n) is 1.68. The zero-order valence-corrected chi connectivity index (χ0v) is 6.95. The Morgan fingerprint density at radius 3 is 2.64 bits per heavy atom. The van der Waals surface area contributed by atoms with E-state index in [2.05, 4.69) is 6.92 Å². The summed E-state index contributed by atoms with van der Waals surface area (Å²) in [5.41, 5.74) is 0. The van der Waals surface area contributed by atoms with Crippen LogP contribution in [0.2, 0.25) is 0 Å². The molecule has 1 aliphatic rings. The fraction of sp³-hybridized carbons (Fsp3) is 1.00. The van der Waals surface area contributed by atoms with Gasteiger partial charge in [0.05, 0.1) is 0 Å².